The third-order valence-electron chi connectivity index (χ3n) is 3.48. The molecule has 0 aromatic carbocycles. The molecule has 2 unspecified atom stereocenters. The SMILES string of the molecule is CCC1CCC(n2nc(C)c(I)c2N)C1. The second kappa shape index (κ2) is 4.31. The van der Waals surface area contributed by atoms with E-state index in [1.165, 1.54) is 25.7 Å². The van der Waals surface area contributed by atoms with Crippen LogP contribution in [0.15, 0.2) is 0 Å². The molecule has 84 valence electrons. The van der Waals surface area contributed by atoms with Crippen molar-refractivity contribution >= 4 is 28.4 Å². The molecule has 1 aromatic heterocycles. The molecule has 3 nitrogen and oxygen atoms in total. The predicted molar refractivity (Wildman–Crippen MR) is 70.8 cm³/mol. The molecule has 15 heavy (non-hydrogen) atoms. The van der Waals surface area contributed by atoms with Crippen molar-refractivity contribution in [2.24, 2.45) is 5.92 Å². The van der Waals surface area contributed by atoms with E-state index in [2.05, 4.69) is 34.6 Å². The molecule has 2 N–H and O–H groups in total. The summed E-state index contributed by atoms with van der Waals surface area (Å²) in [5.74, 6) is 1.73. The molecule has 1 aliphatic carbocycles. The standard InChI is InChI=1S/C11H18IN3/c1-3-8-4-5-9(6-8)15-11(13)10(12)7(2)14-15/h8-9H,3-6,13H2,1-2H3. The molecule has 2 atom stereocenters. The number of nitrogens with zero attached hydrogens (tertiary/aromatic N) is 2. The van der Waals surface area contributed by atoms with Crippen LogP contribution in [0.25, 0.3) is 0 Å². The number of hydrogen-bond acceptors (Lipinski definition) is 2. The Morgan fingerprint density at radius 2 is 2.27 bits per heavy atom. The molecule has 0 saturated heterocycles. The van der Waals surface area contributed by atoms with Crippen molar-refractivity contribution in [3.05, 3.63) is 9.26 Å². The van der Waals surface area contributed by atoms with Crippen LogP contribution in [0, 0.1) is 16.4 Å². The fourth-order valence-corrected chi connectivity index (χ4v) is 2.82. The van der Waals surface area contributed by atoms with Gasteiger partial charge in [0.2, 0.25) is 0 Å². The van der Waals surface area contributed by atoms with Crippen LogP contribution in [-0.2, 0) is 0 Å². The lowest BCUT2D eigenvalue weighted by molar-refractivity contribution is 0.439. The van der Waals surface area contributed by atoms with Crippen LogP contribution in [0.5, 0.6) is 0 Å². The zero-order valence-corrected chi connectivity index (χ0v) is 11.5. The summed E-state index contributed by atoms with van der Waals surface area (Å²) in [5, 5.41) is 4.54. The van der Waals surface area contributed by atoms with Gasteiger partial charge in [-0.15, -0.1) is 0 Å². The lowest BCUT2D eigenvalue weighted by Gasteiger charge is -2.12. The largest absolute Gasteiger partial charge is 0.383 e. The zero-order valence-electron chi connectivity index (χ0n) is 9.33. The summed E-state index contributed by atoms with van der Waals surface area (Å²) in [6.45, 7) is 4.30. The maximum absolute atomic E-state index is 6.06. The van der Waals surface area contributed by atoms with E-state index >= 15 is 0 Å². The fourth-order valence-electron chi connectivity index (χ4n) is 2.47. The van der Waals surface area contributed by atoms with Crippen LogP contribution >= 0.6 is 22.6 Å². The van der Waals surface area contributed by atoms with Gasteiger partial charge >= 0.3 is 0 Å². The van der Waals surface area contributed by atoms with Gasteiger partial charge in [0.15, 0.2) is 0 Å². The second-order valence-corrected chi connectivity index (χ2v) is 5.55. The van der Waals surface area contributed by atoms with Crippen molar-refractivity contribution in [1.82, 2.24) is 9.78 Å². The van der Waals surface area contributed by atoms with Crippen LogP contribution in [-0.4, -0.2) is 9.78 Å². The summed E-state index contributed by atoms with van der Waals surface area (Å²) in [5.41, 5.74) is 7.13. The maximum atomic E-state index is 6.06. The lowest BCUT2D eigenvalue weighted by atomic mass is 10.1. The van der Waals surface area contributed by atoms with Gasteiger partial charge in [0.1, 0.15) is 5.82 Å². The van der Waals surface area contributed by atoms with E-state index in [0.717, 1.165) is 21.0 Å². The third-order valence-corrected chi connectivity index (χ3v) is 4.82. The Bertz CT molecular complexity index is 359. The zero-order chi connectivity index (χ0) is 11.0. The number of hydrogen-bond donors (Lipinski definition) is 1. The Morgan fingerprint density at radius 1 is 1.53 bits per heavy atom. The number of halogens is 1. The number of aromatic nitrogens is 2. The van der Waals surface area contributed by atoms with Gasteiger partial charge in [-0.25, -0.2) is 4.68 Å². The van der Waals surface area contributed by atoms with Gasteiger partial charge in [0.25, 0.3) is 0 Å². The number of aryl methyl sites for hydroxylation is 1. The molecule has 2 rings (SSSR count). The van der Waals surface area contributed by atoms with E-state index in [9.17, 15) is 0 Å². The molecule has 1 aromatic rings. The van der Waals surface area contributed by atoms with Crippen molar-refractivity contribution in [3.8, 4) is 0 Å². The average Bonchev–Trinajstić information content (AvgIpc) is 2.79. The Labute approximate surface area is 105 Å². The van der Waals surface area contributed by atoms with Crippen LogP contribution in [0.2, 0.25) is 0 Å². The first kappa shape index (κ1) is 11.2. The molecule has 1 heterocycles. The molecule has 1 saturated carbocycles. The van der Waals surface area contributed by atoms with Crippen LogP contribution in [0.4, 0.5) is 5.82 Å². The molecule has 4 heteroatoms. The lowest BCUT2D eigenvalue weighted by Crippen LogP contribution is -2.11. The van der Waals surface area contributed by atoms with E-state index in [0.29, 0.717) is 6.04 Å². The van der Waals surface area contributed by atoms with E-state index in [-0.39, 0.29) is 0 Å². The Balaban J connectivity index is 2.20. The van der Waals surface area contributed by atoms with Crippen LogP contribution in [0.1, 0.15) is 44.3 Å². The fraction of sp³-hybridized carbons (Fsp3) is 0.727. The molecule has 1 aliphatic rings. The molecular formula is C11H18IN3. The number of nitrogens with two attached hydrogens (primary N) is 1. The molecular weight excluding hydrogens is 301 g/mol. The summed E-state index contributed by atoms with van der Waals surface area (Å²) in [4.78, 5) is 0. The highest BCUT2D eigenvalue weighted by atomic mass is 127. The molecule has 0 spiro atoms. The minimum Gasteiger partial charge on any atom is -0.383 e. The minimum absolute atomic E-state index is 0.539. The summed E-state index contributed by atoms with van der Waals surface area (Å²) < 4.78 is 3.17. The molecule has 1 fully saturated rings. The van der Waals surface area contributed by atoms with Crippen molar-refractivity contribution in [3.63, 3.8) is 0 Å². The first-order valence-corrected chi connectivity index (χ1v) is 6.71. The summed E-state index contributed by atoms with van der Waals surface area (Å²) >= 11 is 2.28. The van der Waals surface area contributed by atoms with Gasteiger partial charge in [-0.3, -0.25) is 0 Å². The van der Waals surface area contributed by atoms with Gasteiger partial charge in [-0.2, -0.15) is 5.10 Å². The Hall–Kier alpha value is -0.260. The molecule has 0 aliphatic heterocycles. The van der Waals surface area contributed by atoms with Crippen LogP contribution in [0.3, 0.4) is 0 Å². The third kappa shape index (κ3) is 2.00. The highest BCUT2D eigenvalue weighted by Crippen LogP contribution is 2.38. The van der Waals surface area contributed by atoms with Gasteiger partial charge in [0, 0.05) is 0 Å². The first-order valence-electron chi connectivity index (χ1n) is 5.63. The van der Waals surface area contributed by atoms with E-state index < -0.39 is 0 Å². The number of anilines is 1. The van der Waals surface area contributed by atoms with Crippen LogP contribution < -0.4 is 5.73 Å². The van der Waals surface area contributed by atoms with E-state index in [1.807, 2.05) is 11.6 Å². The quantitative estimate of drug-likeness (QED) is 0.851. The van der Waals surface area contributed by atoms with E-state index in [4.69, 9.17) is 5.73 Å². The predicted octanol–water partition coefficient (Wildman–Crippen LogP) is 3.13. The molecule has 0 radical (unpaired) electrons. The highest BCUT2D eigenvalue weighted by molar-refractivity contribution is 14.1. The average molecular weight is 319 g/mol. The van der Waals surface area contributed by atoms with Gasteiger partial charge in [0.05, 0.1) is 15.3 Å². The smallest absolute Gasteiger partial charge is 0.135 e. The number of nitrogen functional groups attached to an aromatic ring is 1. The van der Waals surface area contributed by atoms with Gasteiger partial charge in [-0.1, -0.05) is 13.3 Å². The highest BCUT2D eigenvalue weighted by Gasteiger charge is 2.27. The van der Waals surface area contributed by atoms with Gasteiger partial charge < -0.3 is 5.73 Å². The summed E-state index contributed by atoms with van der Waals surface area (Å²) in [7, 11) is 0. The second-order valence-electron chi connectivity index (χ2n) is 4.47. The Kier molecular flexibility index (Phi) is 3.23. The van der Waals surface area contributed by atoms with Crippen molar-refractivity contribution in [2.75, 3.05) is 5.73 Å². The van der Waals surface area contributed by atoms with Crippen molar-refractivity contribution in [1.29, 1.82) is 0 Å². The Morgan fingerprint density at radius 3 is 2.73 bits per heavy atom. The van der Waals surface area contributed by atoms with Crippen molar-refractivity contribution < 1.29 is 0 Å². The monoisotopic (exact) mass is 319 g/mol. The maximum Gasteiger partial charge on any atom is 0.135 e. The summed E-state index contributed by atoms with van der Waals surface area (Å²) in [6.07, 6.45) is 5.10. The first-order chi connectivity index (χ1) is 7.13. The van der Waals surface area contributed by atoms with Gasteiger partial charge in [-0.05, 0) is 54.7 Å². The molecule has 0 amide bonds. The van der Waals surface area contributed by atoms with E-state index in [1.54, 1.807) is 0 Å². The number of rotatable bonds is 2. The molecule has 0 bridgehead atoms. The topological polar surface area (TPSA) is 43.8 Å². The van der Waals surface area contributed by atoms with Crippen molar-refractivity contribution in [2.45, 2.75) is 45.6 Å². The summed E-state index contributed by atoms with van der Waals surface area (Å²) in [6, 6.07) is 0.539. The normalized spacial score (nSPS) is 26.1. The minimum atomic E-state index is 0.539.